The van der Waals surface area contributed by atoms with E-state index in [9.17, 15) is 4.79 Å². The molecular weight excluding hydrogens is 276 g/mol. The predicted octanol–water partition coefficient (Wildman–Crippen LogP) is 3.10. The van der Waals surface area contributed by atoms with E-state index < -0.39 is 12.0 Å². The van der Waals surface area contributed by atoms with Crippen LogP contribution in [0.3, 0.4) is 0 Å². The number of benzene rings is 2. The Kier molecular flexibility index (Phi) is 3.69. The summed E-state index contributed by atoms with van der Waals surface area (Å²) in [6.07, 6.45) is 0.319. The summed E-state index contributed by atoms with van der Waals surface area (Å²) in [5, 5.41) is 10.1. The van der Waals surface area contributed by atoms with Crippen LogP contribution in [0, 0.1) is 6.92 Å². The smallest absolute Gasteiger partial charge is 0.320 e. The fraction of sp³-hybridized carbons (Fsp3) is 0.167. The molecule has 4 nitrogen and oxygen atoms in total. The molecule has 3 rings (SSSR count). The molecule has 22 heavy (non-hydrogen) atoms. The second-order valence-electron chi connectivity index (χ2n) is 5.47. The van der Waals surface area contributed by atoms with Crippen molar-refractivity contribution in [1.29, 1.82) is 0 Å². The molecule has 1 aromatic heterocycles. The minimum atomic E-state index is -0.979. The molecule has 3 aromatic rings. The van der Waals surface area contributed by atoms with Crippen LogP contribution in [0.25, 0.3) is 22.0 Å². The van der Waals surface area contributed by atoms with E-state index in [1.165, 1.54) is 0 Å². The standard InChI is InChI=1S/C18H18N2O2/c1-11-15(10-16(19)18(21)22)14-9-5-8-13(17(14)20-11)12-6-3-2-4-7-12/h2-9,16,20H,10,19H2,1H3,(H,21,22). The molecule has 0 amide bonds. The van der Waals surface area contributed by atoms with Gasteiger partial charge in [-0.15, -0.1) is 0 Å². The van der Waals surface area contributed by atoms with Gasteiger partial charge in [-0.3, -0.25) is 4.79 Å². The summed E-state index contributed by atoms with van der Waals surface area (Å²) in [4.78, 5) is 14.4. The zero-order chi connectivity index (χ0) is 15.7. The maximum atomic E-state index is 11.0. The first kappa shape index (κ1) is 14.4. The van der Waals surface area contributed by atoms with Gasteiger partial charge in [0.05, 0.1) is 5.52 Å². The average Bonchev–Trinajstić information content (AvgIpc) is 2.84. The first-order valence-electron chi connectivity index (χ1n) is 7.22. The third-order valence-electron chi connectivity index (χ3n) is 3.98. The molecule has 0 aliphatic carbocycles. The Hall–Kier alpha value is -2.59. The highest BCUT2D eigenvalue weighted by molar-refractivity contribution is 5.97. The predicted molar refractivity (Wildman–Crippen MR) is 87.8 cm³/mol. The van der Waals surface area contributed by atoms with E-state index in [1.807, 2.05) is 37.3 Å². The Morgan fingerprint density at radius 1 is 1.18 bits per heavy atom. The number of fused-ring (bicyclic) bond motifs is 1. The first-order valence-corrected chi connectivity index (χ1v) is 7.22. The Labute approximate surface area is 128 Å². The molecule has 0 saturated carbocycles. The van der Waals surface area contributed by atoms with Crippen molar-refractivity contribution in [2.45, 2.75) is 19.4 Å². The molecule has 0 radical (unpaired) electrons. The normalized spacial score (nSPS) is 12.5. The van der Waals surface area contributed by atoms with Crippen molar-refractivity contribution in [3.63, 3.8) is 0 Å². The van der Waals surface area contributed by atoms with Crippen LogP contribution in [0.2, 0.25) is 0 Å². The quantitative estimate of drug-likeness (QED) is 0.691. The molecule has 1 heterocycles. The van der Waals surface area contributed by atoms with Gasteiger partial charge in [-0.05, 0) is 18.1 Å². The number of aromatic nitrogens is 1. The molecule has 4 heteroatoms. The lowest BCUT2D eigenvalue weighted by Crippen LogP contribution is -2.32. The molecule has 112 valence electrons. The van der Waals surface area contributed by atoms with Gasteiger partial charge in [0.25, 0.3) is 0 Å². The average molecular weight is 294 g/mol. The fourth-order valence-electron chi connectivity index (χ4n) is 2.83. The van der Waals surface area contributed by atoms with Crippen molar-refractivity contribution >= 4 is 16.9 Å². The van der Waals surface area contributed by atoms with Crippen LogP contribution in [0.4, 0.5) is 0 Å². The van der Waals surface area contributed by atoms with E-state index in [1.54, 1.807) is 0 Å². The van der Waals surface area contributed by atoms with Crippen LogP contribution in [-0.2, 0) is 11.2 Å². The molecule has 0 spiro atoms. The Bertz CT molecular complexity index is 822. The summed E-state index contributed by atoms with van der Waals surface area (Å²) in [6, 6.07) is 15.3. The summed E-state index contributed by atoms with van der Waals surface area (Å²) in [5.74, 6) is -0.979. The minimum absolute atomic E-state index is 0.319. The molecular formula is C18H18N2O2. The number of H-pyrrole nitrogens is 1. The number of aliphatic carboxylic acids is 1. The number of rotatable bonds is 4. The Morgan fingerprint density at radius 2 is 1.91 bits per heavy atom. The summed E-state index contributed by atoms with van der Waals surface area (Å²) in [5.41, 5.74) is 10.9. The van der Waals surface area contributed by atoms with E-state index in [-0.39, 0.29) is 0 Å². The monoisotopic (exact) mass is 294 g/mol. The number of aryl methyl sites for hydroxylation is 1. The first-order chi connectivity index (χ1) is 10.6. The van der Waals surface area contributed by atoms with Crippen LogP contribution < -0.4 is 5.73 Å². The highest BCUT2D eigenvalue weighted by Gasteiger charge is 2.18. The fourth-order valence-corrected chi connectivity index (χ4v) is 2.83. The summed E-state index contributed by atoms with van der Waals surface area (Å²) < 4.78 is 0. The third kappa shape index (κ3) is 2.49. The van der Waals surface area contributed by atoms with Crippen molar-refractivity contribution < 1.29 is 9.90 Å². The zero-order valence-electron chi connectivity index (χ0n) is 12.3. The number of hydrogen-bond donors (Lipinski definition) is 3. The van der Waals surface area contributed by atoms with Gasteiger partial charge in [0.2, 0.25) is 0 Å². The van der Waals surface area contributed by atoms with Crippen LogP contribution in [0.1, 0.15) is 11.3 Å². The van der Waals surface area contributed by atoms with E-state index in [0.717, 1.165) is 33.3 Å². The maximum absolute atomic E-state index is 11.0. The van der Waals surface area contributed by atoms with Gasteiger partial charge in [-0.25, -0.2) is 0 Å². The van der Waals surface area contributed by atoms with Gasteiger partial charge in [0, 0.05) is 23.1 Å². The van der Waals surface area contributed by atoms with E-state index in [0.29, 0.717) is 6.42 Å². The molecule has 0 bridgehead atoms. The Balaban J connectivity index is 2.14. The lowest BCUT2D eigenvalue weighted by atomic mass is 9.99. The van der Waals surface area contributed by atoms with Crippen LogP contribution >= 0.6 is 0 Å². The lowest BCUT2D eigenvalue weighted by molar-refractivity contribution is -0.138. The van der Waals surface area contributed by atoms with Crippen molar-refractivity contribution in [2.75, 3.05) is 0 Å². The van der Waals surface area contributed by atoms with Crippen LogP contribution in [-0.4, -0.2) is 22.1 Å². The van der Waals surface area contributed by atoms with E-state index >= 15 is 0 Å². The van der Waals surface area contributed by atoms with Crippen molar-refractivity contribution in [2.24, 2.45) is 5.73 Å². The highest BCUT2D eigenvalue weighted by Crippen LogP contribution is 2.31. The Morgan fingerprint density at radius 3 is 2.59 bits per heavy atom. The number of hydrogen-bond acceptors (Lipinski definition) is 2. The molecule has 2 aromatic carbocycles. The largest absolute Gasteiger partial charge is 0.480 e. The van der Waals surface area contributed by atoms with E-state index in [2.05, 4.69) is 23.2 Å². The van der Waals surface area contributed by atoms with Crippen molar-refractivity contribution in [3.8, 4) is 11.1 Å². The lowest BCUT2D eigenvalue weighted by Gasteiger charge is -2.07. The molecule has 0 saturated heterocycles. The zero-order valence-corrected chi connectivity index (χ0v) is 12.3. The van der Waals surface area contributed by atoms with Crippen LogP contribution in [0.5, 0.6) is 0 Å². The summed E-state index contributed by atoms with van der Waals surface area (Å²) in [7, 11) is 0. The number of carboxylic acid groups (broad SMARTS) is 1. The van der Waals surface area contributed by atoms with Gasteiger partial charge in [-0.2, -0.15) is 0 Å². The third-order valence-corrected chi connectivity index (χ3v) is 3.98. The second kappa shape index (κ2) is 5.66. The van der Waals surface area contributed by atoms with Gasteiger partial charge >= 0.3 is 5.97 Å². The number of para-hydroxylation sites is 1. The summed E-state index contributed by atoms with van der Waals surface area (Å²) in [6.45, 7) is 1.96. The molecule has 1 unspecified atom stereocenters. The minimum Gasteiger partial charge on any atom is -0.480 e. The molecule has 4 N–H and O–H groups in total. The number of nitrogens with two attached hydrogens (primary N) is 1. The summed E-state index contributed by atoms with van der Waals surface area (Å²) >= 11 is 0. The van der Waals surface area contributed by atoms with Crippen molar-refractivity contribution in [3.05, 3.63) is 59.8 Å². The van der Waals surface area contributed by atoms with Gasteiger partial charge in [0.1, 0.15) is 6.04 Å². The van der Waals surface area contributed by atoms with Gasteiger partial charge in [-0.1, -0.05) is 48.5 Å². The van der Waals surface area contributed by atoms with Crippen LogP contribution in [0.15, 0.2) is 48.5 Å². The van der Waals surface area contributed by atoms with E-state index in [4.69, 9.17) is 10.8 Å². The number of carboxylic acids is 1. The second-order valence-corrected chi connectivity index (χ2v) is 5.47. The maximum Gasteiger partial charge on any atom is 0.320 e. The molecule has 1 atom stereocenters. The topological polar surface area (TPSA) is 79.1 Å². The molecule has 0 aliphatic rings. The SMILES string of the molecule is Cc1[nH]c2c(-c3ccccc3)cccc2c1CC(N)C(=O)O. The van der Waals surface area contributed by atoms with Crippen molar-refractivity contribution in [1.82, 2.24) is 4.98 Å². The number of aromatic amines is 1. The highest BCUT2D eigenvalue weighted by atomic mass is 16.4. The van der Waals surface area contributed by atoms with Gasteiger partial charge in [0.15, 0.2) is 0 Å². The van der Waals surface area contributed by atoms with Gasteiger partial charge < -0.3 is 15.8 Å². The molecule has 0 fully saturated rings. The number of carbonyl (C=O) groups is 1. The number of nitrogens with one attached hydrogen (secondary N) is 1. The molecule has 0 aliphatic heterocycles.